The number of likely N-dealkylation sites (N-methyl/N-ethyl adjacent to an activating group) is 4. The zero-order chi connectivity index (χ0) is 54.8. The van der Waals surface area contributed by atoms with Crippen LogP contribution in [0.4, 0.5) is 44.1 Å². The average molecular weight is 1020 g/mol. The molecule has 2 fully saturated rings. The van der Waals surface area contributed by atoms with Crippen LogP contribution in [0.5, 0.6) is 0 Å². The second-order valence-electron chi connectivity index (χ2n) is 16.9. The van der Waals surface area contributed by atoms with Gasteiger partial charge in [-0.2, -0.15) is 29.9 Å². The number of rotatable bonds is 24. The smallest absolute Gasteiger partial charge is 0.323 e. The quantitative estimate of drug-likeness (QED) is 0.0838. The Kier molecular flexibility index (Phi) is 28.5. The van der Waals surface area contributed by atoms with E-state index in [0.29, 0.717) is 26.2 Å². The molecule has 0 spiro atoms. The molecule has 412 valence electrons. The number of nitrogens with zero attached hydrogens (tertiary/aromatic N) is 17. The number of urea groups is 3. The summed E-state index contributed by atoms with van der Waals surface area (Å²) in [4.78, 5) is 85.9. The van der Waals surface area contributed by atoms with E-state index >= 15 is 0 Å². The van der Waals surface area contributed by atoms with Gasteiger partial charge in [0, 0.05) is 123 Å². The van der Waals surface area contributed by atoms with Crippen LogP contribution >= 0.6 is 0 Å². The van der Waals surface area contributed by atoms with Gasteiger partial charge in [-0.25, -0.2) is 14.4 Å². The summed E-state index contributed by atoms with van der Waals surface area (Å²) in [6.45, 7) is 51.7. The normalized spacial score (nSPS) is 14.6. The summed E-state index contributed by atoms with van der Waals surface area (Å²) >= 11 is 0. The van der Waals surface area contributed by atoms with Crippen molar-refractivity contribution in [2.45, 2.75) is 137 Å². The molecule has 2 aromatic heterocycles. The van der Waals surface area contributed by atoms with E-state index < -0.39 is 0 Å². The van der Waals surface area contributed by atoms with E-state index in [-0.39, 0.29) is 30.4 Å². The number of fused-ring (bicyclic) bond motifs is 1. The molecule has 0 radical (unpaired) electrons. The molecule has 0 unspecified atom stereocenters. The lowest BCUT2D eigenvalue weighted by Gasteiger charge is -2.27. The summed E-state index contributed by atoms with van der Waals surface area (Å²) in [5.41, 5.74) is 1.02. The molecule has 20 heteroatoms. The number of benzene rings is 1. The Balaban J connectivity index is 0.000000341. The number of carbonyl (C=O) groups excluding carboxylic acids is 3. The van der Waals surface area contributed by atoms with E-state index in [0.717, 1.165) is 133 Å². The number of anilines is 5. The first-order valence-electron chi connectivity index (χ1n) is 27.7. The van der Waals surface area contributed by atoms with Crippen LogP contribution in [-0.2, 0) is 0 Å². The van der Waals surface area contributed by atoms with Crippen molar-refractivity contribution in [2.75, 3.05) is 142 Å². The molecule has 5 rings (SSSR count). The molecule has 20 nitrogen and oxygen atoms in total. The van der Waals surface area contributed by atoms with Crippen LogP contribution in [0.2, 0.25) is 0 Å². The minimum atomic E-state index is -0.125. The van der Waals surface area contributed by atoms with E-state index in [2.05, 4.69) is 124 Å². The highest BCUT2D eigenvalue weighted by atomic mass is 16.2. The molecule has 2 saturated heterocycles. The standard InChI is InChI=1S/C17H25N5.C15H30N6.C12H22N4O2.C9H20N2O/c1-5-21(6-2)16-18-15(14-12-10-9-11-13-14)19-17(20-16)22(7-3)8-4;1-7-19(8-2)13-16-14(20(9-3)10-4)18-15(17-13)21(11-5)12-6;1-5-13-9-10(15(7-3)11(13)17)16(8-4)12(18)14(9)6-2;1-5-10(6-2)9(12)11(7-3)8-4/h9-13H,5-8H2,1-4H3;7-12H2,1-6H3;9-10H,5-8H2,1-4H3;5-8H2,1-4H3. The first kappa shape index (κ1) is 63.2. The van der Waals surface area contributed by atoms with E-state index in [1.165, 1.54) is 0 Å². The largest absolute Gasteiger partial charge is 0.341 e. The Morgan fingerprint density at radius 2 is 0.603 bits per heavy atom. The molecule has 73 heavy (non-hydrogen) atoms. The Morgan fingerprint density at radius 1 is 0.370 bits per heavy atom. The molecule has 0 atom stereocenters. The van der Waals surface area contributed by atoms with Crippen molar-refractivity contribution in [2.24, 2.45) is 0 Å². The SMILES string of the molecule is CCN(CC)C(=O)N(CC)CC.CCN(CC)c1nc(-c2ccccc2)nc(N(CC)CC)n1.CCN(CC)c1nc(N(CC)CC)nc(N(CC)CC)n1.CCN1C(=O)N(CC)C2C1N(CC)C(=O)N2CC. The molecule has 4 heterocycles. The van der Waals surface area contributed by atoms with Gasteiger partial charge < -0.3 is 53.9 Å². The van der Waals surface area contributed by atoms with Crippen LogP contribution in [0.15, 0.2) is 30.3 Å². The predicted octanol–water partition coefficient (Wildman–Crippen LogP) is 8.62. The monoisotopic (exact) mass is 1020 g/mol. The molecule has 0 aliphatic carbocycles. The zero-order valence-corrected chi connectivity index (χ0v) is 48.6. The lowest BCUT2D eigenvalue weighted by Crippen LogP contribution is -2.46. The van der Waals surface area contributed by atoms with Crippen LogP contribution in [0, 0.1) is 0 Å². The fraction of sp³-hybridized carbons (Fsp3) is 0.717. The minimum Gasteiger partial charge on any atom is -0.341 e. The summed E-state index contributed by atoms with van der Waals surface area (Å²) in [6, 6.07) is 10.3. The molecular formula is C53H97N17O3. The second-order valence-corrected chi connectivity index (χ2v) is 16.9. The molecule has 6 amide bonds. The molecular weight excluding hydrogens is 923 g/mol. The van der Waals surface area contributed by atoms with Gasteiger partial charge in [0.2, 0.25) is 29.7 Å². The number of hydrogen-bond acceptors (Lipinski definition) is 14. The molecule has 1 aromatic carbocycles. The van der Waals surface area contributed by atoms with Gasteiger partial charge in [0.1, 0.15) is 12.3 Å². The van der Waals surface area contributed by atoms with Gasteiger partial charge in [-0.05, 0) is 125 Å². The van der Waals surface area contributed by atoms with Gasteiger partial charge in [-0.1, -0.05) is 30.3 Å². The van der Waals surface area contributed by atoms with E-state index in [4.69, 9.17) is 0 Å². The third-order valence-corrected chi connectivity index (χ3v) is 13.4. The van der Waals surface area contributed by atoms with E-state index in [1.807, 2.05) is 95.5 Å². The fourth-order valence-electron chi connectivity index (χ4n) is 8.89. The number of aromatic nitrogens is 6. The van der Waals surface area contributed by atoms with Gasteiger partial charge in [0.15, 0.2) is 5.82 Å². The predicted molar refractivity (Wildman–Crippen MR) is 302 cm³/mol. The lowest BCUT2D eigenvalue weighted by atomic mass is 10.2. The Morgan fingerprint density at radius 3 is 0.808 bits per heavy atom. The van der Waals surface area contributed by atoms with Crippen molar-refractivity contribution in [3.63, 3.8) is 0 Å². The minimum absolute atomic E-state index is 0.0411. The molecule has 0 saturated carbocycles. The first-order valence-corrected chi connectivity index (χ1v) is 27.7. The van der Waals surface area contributed by atoms with E-state index in [1.54, 1.807) is 19.6 Å². The van der Waals surface area contributed by atoms with Gasteiger partial charge in [-0.15, -0.1) is 0 Å². The van der Waals surface area contributed by atoms with Crippen LogP contribution < -0.4 is 24.5 Å². The molecule has 2 aliphatic rings. The molecule has 2 aliphatic heterocycles. The molecule has 0 N–H and O–H groups in total. The van der Waals surface area contributed by atoms with Crippen LogP contribution in [0.3, 0.4) is 0 Å². The number of amides is 6. The zero-order valence-electron chi connectivity index (χ0n) is 48.6. The second kappa shape index (κ2) is 33.0. The number of hydrogen-bond donors (Lipinski definition) is 0. The maximum Gasteiger partial charge on any atom is 0.323 e. The van der Waals surface area contributed by atoms with Crippen molar-refractivity contribution in [1.29, 1.82) is 0 Å². The first-order chi connectivity index (χ1) is 35.2. The maximum atomic E-state index is 12.3. The highest BCUT2D eigenvalue weighted by Crippen LogP contribution is 2.34. The van der Waals surface area contributed by atoms with E-state index in [9.17, 15) is 14.4 Å². The van der Waals surface area contributed by atoms with Crippen LogP contribution in [0.1, 0.15) is 125 Å². The highest BCUT2D eigenvalue weighted by Gasteiger charge is 2.57. The summed E-state index contributed by atoms with van der Waals surface area (Å²) in [5, 5.41) is 0. The summed E-state index contributed by atoms with van der Waals surface area (Å²) in [7, 11) is 0. The van der Waals surface area contributed by atoms with Gasteiger partial charge in [0.25, 0.3) is 0 Å². The molecule has 3 aromatic rings. The van der Waals surface area contributed by atoms with Crippen molar-refractivity contribution < 1.29 is 14.4 Å². The van der Waals surface area contributed by atoms with Crippen molar-refractivity contribution in [3.05, 3.63) is 30.3 Å². The highest BCUT2D eigenvalue weighted by molar-refractivity contribution is 5.85. The van der Waals surface area contributed by atoms with Crippen molar-refractivity contribution in [1.82, 2.24) is 59.3 Å². The third-order valence-electron chi connectivity index (χ3n) is 13.4. The van der Waals surface area contributed by atoms with Crippen molar-refractivity contribution >= 4 is 47.8 Å². The summed E-state index contributed by atoms with van der Waals surface area (Å²) in [5.74, 6) is 4.57. The Bertz CT molecular complexity index is 1840. The molecule has 0 bridgehead atoms. The van der Waals surface area contributed by atoms with Crippen LogP contribution in [0.25, 0.3) is 11.4 Å². The lowest BCUT2D eigenvalue weighted by molar-refractivity contribution is 0.134. The number of carbonyl (C=O) groups is 3. The Hall–Kier alpha value is -5.95. The third kappa shape index (κ3) is 16.0. The summed E-state index contributed by atoms with van der Waals surface area (Å²) < 4.78 is 0. The van der Waals surface area contributed by atoms with Gasteiger partial charge in [-0.3, -0.25) is 0 Å². The van der Waals surface area contributed by atoms with Crippen molar-refractivity contribution in [3.8, 4) is 11.4 Å². The van der Waals surface area contributed by atoms with Crippen LogP contribution in [-0.4, -0.2) is 208 Å². The average Bonchev–Trinajstić information content (AvgIpc) is 3.85. The maximum absolute atomic E-state index is 12.3. The van der Waals surface area contributed by atoms with Gasteiger partial charge >= 0.3 is 18.1 Å². The van der Waals surface area contributed by atoms with Gasteiger partial charge in [0.05, 0.1) is 0 Å². The topological polar surface area (TPSA) is 164 Å². The summed E-state index contributed by atoms with van der Waals surface area (Å²) in [6.07, 6.45) is -0.250. The fourth-order valence-corrected chi connectivity index (χ4v) is 8.89. The Labute approximate surface area is 441 Å².